The number of rotatable bonds is 5. The molecule has 0 saturated heterocycles. The number of nitrogens with one attached hydrogen (secondary N) is 2. The topological polar surface area (TPSA) is 84.2 Å². The molecule has 2 aromatic rings. The number of halogens is 3. The van der Waals surface area contributed by atoms with E-state index in [1.807, 2.05) is 0 Å². The van der Waals surface area contributed by atoms with Gasteiger partial charge in [-0.3, -0.25) is 9.59 Å². The second kappa shape index (κ2) is 9.87. The van der Waals surface area contributed by atoms with Crippen molar-refractivity contribution in [3.63, 3.8) is 0 Å². The lowest BCUT2D eigenvalue weighted by molar-refractivity contribution is -0.119. The third-order valence-electron chi connectivity index (χ3n) is 4.72. The van der Waals surface area contributed by atoms with Crippen LogP contribution in [0.3, 0.4) is 0 Å². The van der Waals surface area contributed by atoms with Gasteiger partial charge in [-0.25, -0.2) is 4.39 Å². The molecule has 0 heterocycles. The van der Waals surface area contributed by atoms with Gasteiger partial charge in [-0.1, -0.05) is 29.8 Å². The molecule has 2 amide bonds. The van der Waals surface area contributed by atoms with Crippen LogP contribution in [-0.4, -0.2) is 17.9 Å². The molecule has 3 rings (SSSR count). The molecule has 28 heavy (non-hydrogen) atoms. The number of benzene rings is 2. The first-order chi connectivity index (χ1) is 12.9. The van der Waals surface area contributed by atoms with E-state index >= 15 is 0 Å². The number of carbonyl (C=O) groups is 2. The summed E-state index contributed by atoms with van der Waals surface area (Å²) in [5.41, 5.74) is 6.94. The molecule has 1 saturated carbocycles. The second-order valence-corrected chi connectivity index (χ2v) is 7.14. The van der Waals surface area contributed by atoms with Gasteiger partial charge in [0.25, 0.3) is 5.91 Å². The molecule has 150 valence electrons. The van der Waals surface area contributed by atoms with E-state index in [1.54, 1.807) is 30.3 Å². The summed E-state index contributed by atoms with van der Waals surface area (Å²) in [6.07, 6.45) is 2.26. The lowest BCUT2D eigenvalue weighted by atomic mass is 10.1. The molecule has 1 aliphatic carbocycles. The highest BCUT2D eigenvalue weighted by Crippen LogP contribution is 2.26. The summed E-state index contributed by atoms with van der Waals surface area (Å²) >= 11 is 6.12. The predicted octanol–water partition coefficient (Wildman–Crippen LogP) is 3.90. The Kier molecular flexibility index (Phi) is 7.80. The van der Waals surface area contributed by atoms with Crippen LogP contribution < -0.4 is 16.4 Å². The van der Waals surface area contributed by atoms with Crippen LogP contribution in [0.25, 0.3) is 0 Å². The minimum absolute atomic E-state index is 0. The van der Waals surface area contributed by atoms with Crippen molar-refractivity contribution in [1.29, 1.82) is 0 Å². The van der Waals surface area contributed by atoms with E-state index in [1.165, 1.54) is 12.1 Å². The summed E-state index contributed by atoms with van der Waals surface area (Å²) in [5, 5.41) is 5.71. The third kappa shape index (κ3) is 5.44. The molecule has 0 aliphatic heterocycles. The maximum absolute atomic E-state index is 13.7. The van der Waals surface area contributed by atoms with Gasteiger partial charge in [-0.2, -0.15) is 0 Å². The number of amides is 2. The van der Waals surface area contributed by atoms with Gasteiger partial charge in [0.05, 0.1) is 10.6 Å². The molecular weight excluding hydrogens is 404 g/mol. The molecule has 0 aromatic heterocycles. The van der Waals surface area contributed by atoms with Crippen LogP contribution in [-0.2, 0) is 11.3 Å². The van der Waals surface area contributed by atoms with Gasteiger partial charge in [0.1, 0.15) is 5.82 Å². The van der Waals surface area contributed by atoms with E-state index in [2.05, 4.69) is 10.6 Å². The summed E-state index contributed by atoms with van der Waals surface area (Å²) in [6.45, 7) is 0.0401. The van der Waals surface area contributed by atoms with Crippen LogP contribution in [0.1, 0.15) is 35.2 Å². The number of carbonyl (C=O) groups excluding carboxylic acids is 2. The van der Waals surface area contributed by atoms with Crippen molar-refractivity contribution in [2.75, 3.05) is 5.32 Å². The zero-order chi connectivity index (χ0) is 19.4. The molecule has 0 spiro atoms. The standard InChI is InChI=1S/C20H21ClFN3O2.ClH/c21-17-8-7-15(25-19(26)12-5-6-14(23)9-12)10-16(17)20(27)24-11-13-3-1-2-4-18(13)22;/h1-4,7-8,10,12,14H,5-6,9,11,23H2,(H,24,27)(H,25,26);1H. The summed E-state index contributed by atoms with van der Waals surface area (Å²) in [7, 11) is 0. The van der Waals surface area contributed by atoms with Crippen LogP contribution in [0.5, 0.6) is 0 Å². The maximum Gasteiger partial charge on any atom is 0.253 e. The monoisotopic (exact) mass is 425 g/mol. The van der Waals surface area contributed by atoms with Crippen molar-refractivity contribution in [1.82, 2.24) is 5.32 Å². The predicted molar refractivity (Wildman–Crippen MR) is 110 cm³/mol. The van der Waals surface area contributed by atoms with Crippen LogP contribution in [0.2, 0.25) is 5.02 Å². The van der Waals surface area contributed by atoms with Crippen molar-refractivity contribution >= 4 is 41.5 Å². The molecule has 5 nitrogen and oxygen atoms in total. The molecular formula is C20H22Cl2FN3O2. The molecule has 2 atom stereocenters. The Labute approximate surface area is 174 Å². The highest BCUT2D eigenvalue weighted by atomic mass is 35.5. The van der Waals surface area contributed by atoms with Crippen LogP contribution in [0.4, 0.5) is 10.1 Å². The van der Waals surface area contributed by atoms with Gasteiger partial charge in [-0.15, -0.1) is 12.4 Å². The molecule has 1 fully saturated rings. The van der Waals surface area contributed by atoms with E-state index in [9.17, 15) is 14.0 Å². The lowest BCUT2D eigenvalue weighted by Crippen LogP contribution is -2.25. The number of hydrogen-bond donors (Lipinski definition) is 3. The molecule has 0 bridgehead atoms. The van der Waals surface area contributed by atoms with E-state index in [0.29, 0.717) is 17.7 Å². The largest absolute Gasteiger partial charge is 0.348 e. The highest BCUT2D eigenvalue weighted by molar-refractivity contribution is 6.34. The minimum atomic E-state index is -0.442. The van der Waals surface area contributed by atoms with Crippen molar-refractivity contribution in [2.24, 2.45) is 11.7 Å². The van der Waals surface area contributed by atoms with Gasteiger partial charge in [0.2, 0.25) is 5.91 Å². The Balaban J connectivity index is 0.00000280. The first kappa shape index (κ1) is 22.1. The Bertz CT molecular complexity index is 863. The summed E-state index contributed by atoms with van der Waals surface area (Å²) in [5.74, 6) is -1.06. The minimum Gasteiger partial charge on any atom is -0.348 e. The number of nitrogens with two attached hydrogens (primary N) is 1. The fourth-order valence-corrected chi connectivity index (χ4v) is 3.39. The number of anilines is 1. The van der Waals surface area contributed by atoms with E-state index in [0.717, 1.165) is 12.8 Å². The van der Waals surface area contributed by atoms with Crippen molar-refractivity contribution in [3.8, 4) is 0 Å². The average molecular weight is 426 g/mol. The summed E-state index contributed by atoms with van der Waals surface area (Å²) in [6, 6.07) is 11.0. The van der Waals surface area contributed by atoms with Gasteiger partial charge < -0.3 is 16.4 Å². The zero-order valence-electron chi connectivity index (χ0n) is 15.1. The quantitative estimate of drug-likeness (QED) is 0.678. The first-order valence-electron chi connectivity index (χ1n) is 8.81. The third-order valence-corrected chi connectivity index (χ3v) is 5.05. The van der Waals surface area contributed by atoms with E-state index < -0.39 is 5.91 Å². The van der Waals surface area contributed by atoms with Crippen LogP contribution in [0, 0.1) is 11.7 Å². The van der Waals surface area contributed by atoms with Gasteiger partial charge in [-0.05, 0) is 43.5 Å². The highest BCUT2D eigenvalue weighted by Gasteiger charge is 2.27. The summed E-state index contributed by atoms with van der Waals surface area (Å²) < 4.78 is 13.7. The van der Waals surface area contributed by atoms with E-state index in [-0.39, 0.29) is 53.2 Å². The molecule has 2 unspecified atom stereocenters. The Hall–Kier alpha value is -2.15. The van der Waals surface area contributed by atoms with Crippen molar-refractivity contribution in [2.45, 2.75) is 31.8 Å². The fraction of sp³-hybridized carbons (Fsp3) is 0.300. The van der Waals surface area contributed by atoms with Crippen LogP contribution in [0.15, 0.2) is 42.5 Å². The van der Waals surface area contributed by atoms with Crippen molar-refractivity contribution < 1.29 is 14.0 Å². The van der Waals surface area contributed by atoms with Crippen molar-refractivity contribution in [3.05, 3.63) is 64.4 Å². The first-order valence-corrected chi connectivity index (χ1v) is 9.19. The Morgan fingerprint density at radius 2 is 1.93 bits per heavy atom. The van der Waals surface area contributed by atoms with Gasteiger partial charge >= 0.3 is 0 Å². The second-order valence-electron chi connectivity index (χ2n) is 6.73. The molecule has 0 radical (unpaired) electrons. The summed E-state index contributed by atoms with van der Waals surface area (Å²) in [4.78, 5) is 24.8. The average Bonchev–Trinajstić information content (AvgIpc) is 3.09. The molecule has 1 aliphatic rings. The number of hydrogen-bond acceptors (Lipinski definition) is 3. The van der Waals surface area contributed by atoms with E-state index in [4.69, 9.17) is 17.3 Å². The Morgan fingerprint density at radius 3 is 2.61 bits per heavy atom. The zero-order valence-corrected chi connectivity index (χ0v) is 16.7. The van der Waals surface area contributed by atoms with Gasteiger partial charge in [0, 0.05) is 29.8 Å². The van der Waals surface area contributed by atoms with Crippen LogP contribution >= 0.6 is 24.0 Å². The SMILES string of the molecule is Cl.NC1CCC(C(=O)Nc2ccc(Cl)c(C(=O)NCc3ccccc3F)c2)C1. The molecule has 2 aromatic carbocycles. The lowest BCUT2D eigenvalue weighted by Gasteiger charge is -2.13. The maximum atomic E-state index is 13.7. The smallest absolute Gasteiger partial charge is 0.253 e. The molecule has 8 heteroatoms. The normalized spacial score (nSPS) is 18.2. The molecule has 4 N–H and O–H groups in total. The van der Waals surface area contributed by atoms with Gasteiger partial charge in [0.15, 0.2) is 0 Å². The fourth-order valence-electron chi connectivity index (χ4n) is 3.19. The Morgan fingerprint density at radius 1 is 1.18 bits per heavy atom.